The Hall–Kier alpha value is -1.54. The van der Waals surface area contributed by atoms with E-state index in [2.05, 4.69) is 48.0 Å². The summed E-state index contributed by atoms with van der Waals surface area (Å²) in [5, 5.41) is 0.539. The number of anilines is 1. The van der Waals surface area contributed by atoms with Crippen molar-refractivity contribution in [3.63, 3.8) is 0 Å². The Morgan fingerprint density at radius 2 is 2.06 bits per heavy atom. The molecule has 0 aliphatic carbocycles. The van der Waals surface area contributed by atoms with Crippen LogP contribution in [-0.2, 0) is 6.54 Å². The smallest absolute Gasteiger partial charge is 0.129 e. The number of benzene rings is 1. The zero-order valence-corrected chi connectivity index (χ0v) is 11.5. The lowest BCUT2D eigenvalue weighted by molar-refractivity contribution is 0.827. The van der Waals surface area contributed by atoms with Gasteiger partial charge in [-0.15, -0.1) is 0 Å². The molecule has 0 saturated heterocycles. The second-order valence-corrected chi connectivity index (χ2v) is 4.73. The number of aromatic nitrogens is 1. The first-order chi connectivity index (χ1) is 8.69. The second kappa shape index (κ2) is 5.87. The zero-order valence-electron chi connectivity index (χ0n) is 10.7. The minimum absolute atomic E-state index is 0.539. The average Bonchev–Trinajstić information content (AvgIpc) is 2.38. The number of nitrogens with zero attached hydrogens (tertiary/aromatic N) is 2. The van der Waals surface area contributed by atoms with Gasteiger partial charge >= 0.3 is 0 Å². The summed E-state index contributed by atoms with van der Waals surface area (Å²) in [5.41, 5.74) is 3.69. The highest BCUT2D eigenvalue weighted by Gasteiger charge is 2.05. The second-order valence-electron chi connectivity index (χ2n) is 4.34. The van der Waals surface area contributed by atoms with E-state index in [1.165, 1.54) is 16.8 Å². The molecule has 3 heteroatoms. The maximum absolute atomic E-state index is 5.80. The van der Waals surface area contributed by atoms with Gasteiger partial charge in [0.25, 0.3) is 0 Å². The third-order valence-electron chi connectivity index (χ3n) is 2.91. The normalized spacial score (nSPS) is 10.4. The van der Waals surface area contributed by atoms with Crippen LogP contribution in [0.5, 0.6) is 0 Å². The number of hydrogen-bond donors (Lipinski definition) is 0. The van der Waals surface area contributed by atoms with Crippen LogP contribution >= 0.6 is 11.6 Å². The molecule has 0 amide bonds. The van der Waals surface area contributed by atoms with Crippen molar-refractivity contribution in [2.75, 3.05) is 11.4 Å². The van der Waals surface area contributed by atoms with Crippen LogP contribution in [0, 0.1) is 6.92 Å². The highest BCUT2D eigenvalue weighted by atomic mass is 35.5. The minimum Gasteiger partial charge on any atom is -0.367 e. The van der Waals surface area contributed by atoms with Gasteiger partial charge in [-0.2, -0.15) is 0 Å². The molecule has 2 aromatic rings. The van der Waals surface area contributed by atoms with E-state index in [1.54, 1.807) is 0 Å². The van der Waals surface area contributed by atoms with Crippen LogP contribution in [0.3, 0.4) is 0 Å². The van der Waals surface area contributed by atoms with Gasteiger partial charge in [-0.05, 0) is 43.2 Å². The fourth-order valence-corrected chi connectivity index (χ4v) is 2.04. The first-order valence-electron chi connectivity index (χ1n) is 6.11. The van der Waals surface area contributed by atoms with Crippen molar-refractivity contribution in [3.8, 4) is 0 Å². The molecule has 0 bridgehead atoms. The molecule has 0 aliphatic heterocycles. The van der Waals surface area contributed by atoms with E-state index in [0.29, 0.717) is 5.15 Å². The van der Waals surface area contributed by atoms with Crippen LogP contribution in [0.4, 0.5) is 5.69 Å². The van der Waals surface area contributed by atoms with E-state index in [-0.39, 0.29) is 0 Å². The van der Waals surface area contributed by atoms with Crippen molar-refractivity contribution >= 4 is 17.3 Å². The van der Waals surface area contributed by atoms with Crippen molar-refractivity contribution in [1.82, 2.24) is 4.98 Å². The number of rotatable bonds is 4. The fourth-order valence-electron chi connectivity index (χ4n) is 1.93. The Balaban J connectivity index is 2.17. The van der Waals surface area contributed by atoms with Gasteiger partial charge < -0.3 is 4.90 Å². The Labute approximate surface area is 113 Å². The molecule has 18 heavy (non-hydrogen) atoms. The summed E-state index contributed by atoms with van der Waals surface area (Å²) in [4.78, 5) is 6.43. The molecule has 1 aromatic carbocycles. The van der Waals surface area contributed by atoms with Crippen LogP contribution in [0.25, 0.3) is 0 Å². The third-order valence-corrected chi connectivity index (χ3v) is 3.13. The quantitative estimate of drug-likeness (QED) is 0.771. The first kappa shape index (κ1) is 12.9. The Morgan fingerprint density at radius 3 is 2.67 bits per heavy atom. The molecule has 94 valence electrons. The average molecular weight is 261 g/mol. The van der Waals surface area contributed by atoms with Crippen LogP contribution in [0.2, 0.25) is 5.15 Å². The Morgan fingerprint density at radius 1 is 1.22 bits per heavy atom. The Bertz CT molecular complexity index is 508. The molecular weight excluding hydrogens is 244 g/mol. The van der Waals surface area contributed by atoms with Gasteiger partial charge in [-0.1, -0.05) is 29.8 Å². The van der Waals surface area contributed by atoms with Crippen molar-refractivity contribution in [3.05, 3.63) is 58.9 Å². The molecule has 0 atom stereocenters. The molecule has 0 spiro atoms. The predicted octanol–water partition coefficient (Wildman–Crippen LogP) is 4.07. The van der Waals surface area contributed by atoms with Crippen molar-refractivity contribution in [2.24, 2.45) is 0 Å². The fraction of sp³-hybridized carbons (Fsp3) is 0.267. The van der Waals surface area contributed by atoms with Crippen molar-refractivity contribution in [1.29, 1.82) is 0 Å². The van der Waals surface area contributed by atoms with E-state index < -0.39 is 0 Å². The van der Waals surface area contributed by atoms with Crippen LogP contribution in [0.1, 0.15) is 18.1 Å². The van der Waals surface area contributed by atoms with Crippen LogP contribution < -0.4 is 4.90 Å². The molecule has 0 unspecified atom stereocenters. The maximum atomic E-state index is 5.80. The highest BCUT2D eigenvalue weighted by molar-refractivity contribution is 6.29. The third kappa shape index (κ3) is 3.23. The monoisotopic (exact) mass is 260 g/mol. The minimum atomic E-state index is 0.539. The van der Waals surface area contributed by atoms with E-state index in [0.717, 1.165) is 13.1 Å². The number of hydrogen-bond acceptors (Lipinski definition) is 2. The van der Waals surface area contributed by atoms with Crippen molar-refractivity contribution < 1.29 is 0 Å². The molecule has 2 nitrogen and oxygen atoms in total. The highest BCUT2D eigenvalue weighted by Crippen LogP contribution is 2.18. The molecule has 0 radical (unpaired) electrons. The van der Waals surface area contributed by atoms with Gasteiger partial charge in [0.15, 0.2) is 0 Å². The molecule has 2 rings (SSSR count). The van der Waals surface area contributed by atoms with Crippen LogP contribution in [-0.4, -0.2) is 11.5 Å². The van der Waals surface area contributed by atoms with Gasteiger partial charge in [-0.25, -0.2) is 4.98 Å². The molecule has 0 fully saturated rings. The lowest BCUT2D eigenvalue weighted by Crippen LogP contribution is -2.22. The number of pyridine rings is 1. The molecule has 0 saturated carbocycles. The summed E-state index contributed by atoms with van der Waals surface area (Å²) in [7, 11) is 0. The largest absolute Gasteiger partial charge is 0.367 e. The van der Waals surface area contributed by atoms with Gasteiger partial charge in [0.1, 0.15) is 5.15 Å². The lowest BCUT2D eigenvalue weighted by Gasteiger charge is -2.23. The SMILES string of the molecule is CCN(Cc1ccc(Cl)nc1)c1cccc(C)c1. The summed E-state index contributed by atoms with van der Waals surface area (Å²) in [6, 6.07) is 12.4. The topological polar surface area (TPSA) is 16.1 Å². The summed E-state index contributed by atoms with van der Waals surface area (Å²) in [6.07, 6.45) is 1.83. The molecular formula is C15H17ClN2. The number of halogens is 1. The first-order valence-corrected chi connectivity index (χ1v) is 6.49. The molecule has 1 heterocycles. The van der Waals surface area contributed by atoms with Gasteiger partial charge in [-0.3, -0.25) is 0 Å². The van der Waals surface area contributed by atoms with Gasteiger partial charge in [0.05, 0.1) is 0 Å². The molecule has 0 N–H and O–H groups in total. The van der Waals surface area contributed by atoms with Gasteiger partial charge in [0.2, 0.25) is 0 Å². The lowest BCUT2D eigenvalue weighted by atomic mass is 10.2. The van der Waals surface area contributed by atoms with Gasteiger partial charge in [0, 0.05) is 25.0 Å². The summed E-state index contributed by atoms with van der Waals surface area (Å²) in [6.45, 7) is 6.09. The van der Waals surface area contributed by atoms with Crippen LogP contribution in [0.15, 0.2) is 42.6 Å². The summed E-state index contributed by atoms with van der Waals surface area (Å²) in [5.74, 6) is 0. The number of aryl methyl sites for hydroxylation is 1. The van der Waals surface area contributed by atoms with E-state index >= 15 is 0 Å². The molecule has 1 aromatic heterocycles. The maximum Gasteiger partial charge on any atom is 0.129 e. The zero-order chi connectivity index (χ0) is 13.0. The summed E-state index contributed by atoms with van der Waals surface area (Å²) >= 11 is 5.80. The predicted molar refractivity (Wildman–Crippen MR) is 77.2 cm³/mol. The Kier molecular flexibility index (Phi) is 4.21. The summed E-state index contributed by atoms with van der Waals surface area (Å²) < 4.78 is 0. The van der Waals surface area contributed by atoms with E-state index in [9.17, 15) is 0 Å². The standard InChI is InChI=1S/C15H17ClN2/c1-3-18(14-6-4-5-12(2)9-14)11-13-7-8-15(16)17-10-13/h4-10H,3,11H2,1-2H3. The molecule has 0 aliphatic rings. The van der Waals surface area contributed by atoms with E-state index in [4.69, 9.17) is 11.6 Å². The van der Waals surface area contributed by atoms with Crippen molar-refractivity contribution in [2.45, 2.75) is 20.4 Å². The van der Waals surface area contributed by atoms with E-state index in [1.807, 2.05) is 18.3 Å².